The first-order chi connectivity index (χ1) is 10.7. The van der Waals surface area contributed by atoms with Crippen LogP contribution >= 0.6 is 11.5 Å². The number of nitrogens with zero attached hydrogens (tertiary/aromatic N) is 5. The maximum Gasteiger partial charge on any atom is 0.205 e. The number of hydrogen-bond donors (Lipinski definition) is 1. The van der Waals surface area contributed by atoms with E-state index in [1.165, 1.54) is 11.5 Å². The molecule has 22 heavy (non-hydrogen) atoms. The molecule has 8 heteroatoms. The number of methoxy groups -OCH3 is 1. The Hall–Kier alpha value is -1.80. The minimum absolute atomic E-state index is 0.376. The molecule has 1 unspecified atom stereocenters. The van der Waals surface area contributed by atoms with Crippen molar-refractivity contribution in [2.45, 2.75) is 25.8 Å². The Morgan fingerprint density at radius 2 is 2.36 bits per heavy atom. The molecule has 1 aliphatic heterocycles. The van der Waals surface area contributed by atoms with Gasteiger partial charge in [0, 0.05) is 56.0 Å². The first-order valence-corrected chi connectivity index (χ1v) is 8.13. The van der Waals surface area contributed by atoms with Crippen LogP contribution in [0.4, 0.5) is 10.9 Å². The van der Waals surface area contributed by atoms with Gasteiger partial charge in [0.25, 0.3) is 0 Å². The van der Waals surface area contributed by atoms with Gasteiger partial charge in [-0.05, 0) is 13.3 Å². The van der Waals surface area contributed by atoms with Gasteiger partial charge in [0.1, 0.15) is 18.0 Å². The van der Waals surface area contributed by atoms with Crippen LogP contribution in [0.15, 0.2) is 12.4 Å². The van der Waals surface area contributed by atoms with Crippen molar-refractivity contribution < 1.29 is 4.74 Å². The Kier molecular flexibility index (Phi) is 4.79. The van der Waals surface area contributed by atoms with E-state index in [0.29, 0.717) is 12.6 Å². The summed E-state index contributed by atoms with van der Waals surface area (Å²) < 4.78 is 9.45. The zero-order valence-corrected chi connectivity index (χ0v) is 13.6. The molecule has 0 spiro atoms. The fraction of sp³-hybridized carbons (Fsp3) is 0.571. The predicted octanol–water partition coefficient (Wildman–Crippen LogP) is 1.52. The molecule has 3 rings (SSSR count). The van der Waals surface area contributed by atoms with Crippen molar-refractivity contribution in [3.05, 3.63) is 23.9 Å². The predicted molar refractivity (Wildman–Crippen MR) is 86.5 cm³/mol. The summed E-state index contributed by atoms with van der Waals surface area (Å²) >= 11 is 1.46. The molecule has 1 N–H and O–H groups in total. The lowest BCUT2D eigenvalue weighted by atomic mass is 10.2. The van der Waals surface area contributed by atoms with Crippen LogP contribution in [0.5, 0.6) is 0 Å². The molecule has 1 saturated heterocycles. The highest BCUT2D eigenvalue weighted by molar-refractivity contribution is 7.09. The largest absolute Gasteiger partial charge is 0.384 e. The maximum absolute atomic E-state index is 5.06. The van der Waals surface area contributed by atoms with Crippen LogP contribution < -0.4 is 10.2 Å². The summed E-state index contributed by atoms with van der Waals surface area (Å²) in [7, 11) is 1.69. The molecule has 0 aromatic carbocycles. The molecule has 1 aliphatic rings. The third-order valence-corrected chi connectivity index (χ3v) is 4.42. The summed E-state index contributed by atoms with van der Waals surface area (Å²) in [5.41, 5.74) is 0.972. The second-order valence-corrected chi connectivity index (χ2v) is 6.09. The SMILES string of the molecule is COCCc1nsc(N2CCC(Nc3cc(C)ncn3)C2)n1. The van der Waals surface area contributed by atoms with Crippen molar-refractivity contribution in [1.82, 2.24) is 19.3 Å². The molecule has 0 aliphatic carbocycles. The number of rotatable bonds is 6. The monoisotopic (exact) mass is 320 g/mol. The summed E-state index contributed by atoms with van der Waals surface area (Å²) in [6.07, 6.45) is 3.43. The third-order valence-electron chi connectivity index (χ3n) is 3.60. The van der Waals surface area contributed by atoms with E-state index < -0.39 is 0 Å². The van der Waals surface area contributed by atoms with Crippen LogP contribution in [0.3, 0.4) is 0 Å². The molecule has 1 fully saturated rings. The highest BCUT2D eigenvalue weighted by Gasteiger charge is 2.25. The van der Waals surface area contributed by atoms with Crippen LogP contribution in [-0.2, 0) is 11.2 Å². The van der Waals surface area contributed by atoms with Gasteiger partial charge in [-0.2, -0.15) is 4.37 Å². The second-order valence-electron chi connectivity index (χ2n) is 5.36. The van der Waals surface area contributed by atoms with Crippen molar-refractivity contribution >= 4 is 22.5 Å². The van der Waals surface area contributed by atoms with Crippen LogP contribution in [0, 0.1) is 6.92 Å². The lowest BCUT2D eigenvalue weighted by molar-refractivity contribution is 0.201. The minimum atomic E-state index is 0.376. The molecule has 0 radical (unpaired) electrons. The Labute approximate surface area is 133 Å². The van der Waals surface area contributed by atoms with Crippen LogP contribution in [0.25, 0.3) is 0 Å². The van der Waals surface area contributed by atoms with Gasteiger partial charge in [0.05, 0.1) is 6.61 Å². The average Bonchev–Trinajstić information content (AvgIpc) is 3.14. The van der Waals surface area contributed by atoms with Gasteiger partial charge < -0.3 is 15.0 Å². The molecule has 0 bridgehead atoms. The van der Waals surface area contributed by atoms with Crippen LogP contribution in [-0.4, -0.2) is 52.2 Å². The Bertz CT molecular complexity index is 619. The van der Waals surface area contributed by atoms with Gasteiger partial charge in [-0.3, -0.25) is 0 Å². The van der Waals surface area contributed by atoms with E-state index in [4.69, 9.17) is 4.74 Å². The van der Waals surface area contributed by atoms with E-state index in [9.17, 15) is 0 Å². The molecule has 1 atom stereocenters. The first-order valence-electron chi connectivity index (χ1n) is 7.36. The highest BCUT2D eigenvalue weighted by Crippen LogP contribution is 2.24. The number of anilines is 2. The summed E-state index contributed by atoms with van der Waals surface area (Å²) in [6.45, 7) is 4.53. The van der Waals surface area contributed by atoms with E-state index in [1.807, 2.05) is 13.0 Å². The summed E-state index contributed by atoms with van der Waals surface area (Å²) in [5.74, 6) is 1.75. The number of hydrogen-bond acceptors (Lipinski definition) is 8. The normalized spacial score (nSPS) is 17.9. The van der Waals surface area contributed by atoms with Gasteiger partial charge in [-0.25, -0.2) is 15.0 Å². The molecule has 2 aromatic heterocycles. The molecule has 3 heterocycles. The molecule has 2 aromatic rings. The third kappa shape index (κ3) is 3.69. The number of ether oxygens (including phenoxy) is 1. The smallest absolute Gasteiger partial charge is 0.205 e. The topological polar surface area (TPSA) is 76.1 Å². The van der Waals surface area contributed by atoms with E-state index in [2.05, 4.69) is 29.5 Å². The highest BCUT2D eigenvalue weighted by atomic mass is 32.1. The summed E-state index contributed by atoms with van der Waals surface area (Å²) in [5, 5.41) is 4.46. The van der Waals surface area contributed by atoms with E-state index in [1.54, 1.807) is 13.4 Å². The van der Waals surface area contributed by atoms with E-state index in [-0.39, 0.29) is 0 Å². The van der Waals surface area contributed by atoms with Crippen molar-refractivity contribution in [2.75, 3.05) is 37.0 Å². The number of aryl methyl sites for hydroxylation is 1. The fourth-order valence-corrected chi connectivity index (χ4v) is 3.21. The van der Waals surface area contributed by atoms with Gasteiger partial charge in [-0.1, -0.05) is 0 Å². The quantitative estimate of drug-likeness (QED) is 0.864. The van der Waals surface area contributed by atoms with Crippen molar-refractivity contribution in [1.29, 1.82) is 0 Å². The minimum Gasteiger partial charge on any atom is -0.384 e. The molecule has 0 amide bonds. The van der Waals surface area contributed by atoms with Gasteiger partial charge in [-0.15, -0.1) is 0 Å². The molecule has 118 valence electrons. The van der Waals surface area contributed by atoms with E-state index in [0.717, 1.165) is 48.4 Å². The Balaban J connectivity index is 1.56. The summed E-state index contributed by atoms with van der Waals surface area (Å²) in [4.78, 5) is 15.2. The molecular formula is C14H20N6OS. The van der Waals surface area contributed by atoms with Crippen molar-refractivity contribution in [3.63, 3.8) is 0 Å². The van der Waals surface area contributed by atoms with Crippen molar-refractivity contribution in [2.24, 2.45) is 0 Å². The zero-order valence-electron chi connectivity index (χ0n) is 12.8. The Morgan fingerprint density at radius 1 is 1.45 bits per heavy atom. The van der Waals surface area contributed by atoms with E-state index >= 15 is 0 Å². The average molecular weight is 320 g/mol. The molecule has 0 saturated carbocycles. The van der Waals surface area contributed by atoms with Gasteiger partial charge >= 0.3 is 0 Å². The maximum atomic E-state index is 5.06. The van der Waals surface area contributed by atoms with Crippen molar-refractivity contribution in [3.8, 4) is 0 Å². The lowest BCUT2D eigenvalue weighted by Crippen LogP contribution is -2.26. The van der Waals surface area contributed by atoms with Gasteiger partial charge in [0.15, 0.2) is 0 Å². The summed E-state index contributed by atoms with van der Waals surface area (Å²) in [6, 6.07) is 2.34. The second kappa shape index (κ2) is 6.97. The number of nitrogens with one attached hydrogen (secondary N) is 1. The number of aromatic nitrogens is 4. The van der Waals surface area contributed by atoms with Gasteiger partial charge in [0.2, 0.25) is 5.13 Å². The fourth-order valence-electron chi connectivity index (χ4n) is 2.46. The van der Waals surface area contributed by atoms with Crippen LogP contribution in [0.1, 0.15) is 17.9 Å². The zero-order chi connectivity index (χ0) is 15.4. The first kappa shape index (κ1) is 15.1. The van der Waals surface area contributed by atoms with Crippen LogP contribution in [0.2, 0.25) is 0 Å². The Morgan fingerprint density at radius 3 is 3.18 bits per heavy atom. The molecular weight excluding hydrogens is 300 g/mol. The standard InChI is InChI=1S/C14H20N6OS/c1-10-7-13(16-9-15-10)17-11-3-5-20(8-11)14-18-12(19-22-14)4-6-21-2/h7,9,11H,3-6,8H2,1-2H3,(H,15,16,17). The lowest BCUT2D eigenvalue weighted by Gasteiger charge is -2.15. The molecule has 7 nitrogen and oxygen atoms in total.